The van der Waals surface area contributed by atoms with Crippen LogP contribution < -0.4 is 10.6 Å². The van der Waals surface area contributed by atoms with Crippen LogP contribution in [0.2, 0.25) is 0 Å². The highest BCUT2D eigenvalue weighted by atomic mass is 16.5. The first-order chi connectivity index (χ1) is 16.2. The molecular weight excluding hydrogens is 436 g/mol. The second kappa shape index (κ2) is 12.2. The average molecular weight is 479 g/mol. The predicted octanol–water partition coefficient (Wildman–Crippen LogP) is 2.45. The van der Waals surface area contributed by atoms with Crippen LogP contribution in [0.3, 0.4) is 0 Å². The van der Waals surface area contributed by atoms with E-state index in [0.717, 1.165) is 38.5 Å². The topological polar surface area (TPSA) is 122 Å². The van der Waals surface area contributed by atoms with Crippen molar-refractivity contribution in [1.82, 2.24) is 10.6 Å². The van der Waals surface area contributed by atoms with Crippen molar-refractivity contribution in [2.75, 3.05) is 13.2 Å². The Kier molecular flexibility index (Phi) is 9.65. The third-order valence-electron chi connectivity index (χ3n) is 7.94. The summed E-state index contributed by atoms with van der Waals surface area (Å²) in [4.78, 5) is 51.7. The van der Waals surface area contributed by atoms with Gasteiger partial charge in [0, 0.05) is 37.8 Å². The maximum absolute atomic E-state index is 13.7. The molecule has 2 amide bonds. The van der Waals surface area contributed by atoms with Gasteiger partial charge in [-0.3, -0.25) is 19.2 Å². The zero-order valence-corrected chi connectivity index (χ0v) is 20.8. The predicted molar refractivity (Wildman–Crippen MR) is 127 cm³/mol. The summed E-state index contributed by atoms with van der Waals surface area (Å²) < 4.78 is 5.52. The van der Waals surface area contributed by atoms with Crippen molar-refractivity contribution in [1.29, 1.82) is 0 Å². The van der Waals surface area contributed by atoms with Gasteiger partial charge in [0.2, 0.25) is 11.8 Å². The van der Waals surface area contributed by atoms with Gasteiger partial charge in [0.05, 0.1) is 5.54 Å². The highest BCUT2D eigenvalue weighted by Crippen LogP contribution is 2.34. The molecule has 0 aromatic heterocycles. The Morgan fingerprint density at radius 2 is 1.82 bits per heavy atom. The molecule has 0 aromatic carbocycles. The molecule has 0 spiro atoms. The summed E-state index contributed by atoms with van der Waals surface area (Å²) in [5.41, 5.74) is -0.960. The number of ketones is 2. The molecule has 0 unspecified atom stereocenters. The minimum Gasteiger partial charge on any atom is -0.385 e. The molecule has 34 heavy (non-hydrogen) atoms. The van der Waals surface area contributed by atoms with Crippen LogP contribution in [0.1, 0.15) is 90.9 Å². The van der Waals surface area contributed by atoms with E-state index in [4.69, 9.17) is 4.74 Å². The largest absolute Gasteiger partial charge is 0.385 e. The van der Waals surface area contributed by atoms with Gasteiger partial charge in [0.1, 0.15) is 12.2 Å². The number of nitrogens with one attached hydrogen (secondary N) is 2. The van der Waals surface area contributed by atoms with Gasteiger partial charge >= 0.3 is 0 Å². The van der Waals surface area contributed by atoms with E-state index in [2.05, 4.69) is 10.6 Å². The Hall–Kier alpha value is -1.80. The lowest BCUT2D eigenvalue weighted by Crippen LogP contribution is -2.58. The lowest BCUT2D eigenvalue weighted by molar-refractivity contribution is -0.141. The number of amides is 2. The smallest absolute Gasteiger partial charge is 0.249 e. The maximum Gasteiger partial charge on any atom is 0.249 e. The number of aliphatic hydroxyl groups is 1. The Balaban J connectivity index is 1.68. The number of rotatable bonds is 10. The van der Waals surface area contributed by atoms with Crippen LogP contribution in [0.15, 0.2) is 0 Å². The van der Waals surface area contributed by atoms with E-state index in [-0.39, 0.29) is 42.1 Å². The van der Waals surface area contributed by atoms with Gasteiger partial charge in [0.15, 0.2) is 11.6 Å². The monoisotopic (exact) mass is 478 g/mol. The number of carbonyl (C=O) groups is 4. The number of carbonyl (C=O) groups excluding carboxylic acids is 4. The van der Waals surface area contributed by atoms with Gasteiger partial charge in [-0.1, -0.05) is 39.5 Å². The molecule has 3 fully saturated rings. The van der Waals surface area contributed by atoms with E-state index >= 15 is 0 Å². The summed E-state index contributed by atoms with van der Waals surface area (Å²) in [6.07, 6.45) is 5.94. The summed E-state index contributed by atoms with van der Waals surface area (Å²) in [6.45, 7) is 4.97. The second-order valence-electron chi connectivity index (χ2n) is 10.8. The Bertz CT molecular complexity index is 740. The number of hydrogen-bond donors (Lipinski definition) is 3. The lowest BCUT2D eigenvalue weighted by atomic mass is 9.73. The number of hydrogen-bond acceptors (Lipinski definition) is 6. The Labute approximate surface area is 202 Å². The van der Waals surface area contributed by atoms with Crippen molar-refractivity contribution in [2.45, 2.75) is 109 Å². The summed E-state index contributed by atoms with van der Waals surface area (Å²) in [5, 5.41) is 16.8. The molecule has 2 heterocycles. The summed E-state index contributed by atoms with van der Waals surface area (Å²) in [6, 6.07) is 0. The van der Waals surface area contributed by atoms with Crippen molar-refractivity contribution >= 4 is 23.4 Å². The first kappa shape index (κ1) is 26.8. The fourth-order valence-electron chi connectivity index (χ4n) is 5.65. The van der Waals surface area contributed by atoms with E-state index in [0.29, 0.717) is 38.8 Å². The third kappa shape index (κ3) is 6.66. The van der Waals surface area contributed by atoms with E-state index in [1.165, 1.54) is 0 Å². The van der Waals surface area contributed by atoms with Gasteiger partial charge in [-0.15, -0.1) is 0 Å². The fraction of sp³-hybridized carbons (Fsp3) is 0.846. The van der Waals surface area contributed by atoms with Crippen LogP contribution in [-0.4, -0.2) is 59.4 Å². The zero-order chi connectivity index (χ0) is 24.7. The summed E-state index contributed by atoms with van der Waals surface area (Å²) in [5.74, 6) is -1.96. The van der Waals surface area contributed by atoms with Crippen molar-refractivity contribution in [3.8, 4) is 0 Å². The number of Topliss-reactive ketones (excluding diaryl/α,β-unsaturated/α-hetero) is 2. The SMILES string of the molecule is CC(C)[C@H](CC(=O)C1(NC(=O)[C@H]2CCCO2)CCCCC1)[C@H](O)C(=O)C[C@H]1CCCCNC1=O. The zero-order valence-electron chi connectivity index (χ0n) is 20.8. The highest BCUT2D eigenvalue weighted by molar-refractivity contribution is 5.95. The minimum absolute atomic E-state index is 0.00862. The number of ether oxygens (including phenoxy) is 1. The van der Waals surface area contributed by atoms with Crippen LogP contribution in [0.4, 0.5) is 0 Å². The molecule has 3 rings (SSSR count). The van der Waals surface area contributed by atoms with Crippen LogP contribution in [-0.2, 0) is 23.9 Å². The quantitative estimate of drug-likeness (QED) is 0.443. The van der Waals surface area contributed by atoms with Gasteiger partial charge in [0.25, 0.3) is 0 Å². The normalized spacial score (nSPS) is 26.9. The highest BCUT2D eigenvalue weighted by Gasteiger charge is 2.44. The third-order valence-corrected chi connectivity index (χ3v) is 7.94. The van der Waals surface area contributed by atoms with Gasteiger partial charge in [-0.2, -0.15) is 0 Å². The van der Waals surface area contributed by atoms with Crippen molar-refractivity contribution in [2.24, 2.45) is 17.8 Å². The molecule has 4 atom stereocenters. The number of aliphatic hydroxyl groups excluding tert-OH is 1. The summed E-state index contributed by atoms with van der Waals surface area (Å²) in [7, 11) is 0. The molecule has 0 radical (unpaired) electrons. The molecule has 0 aromatic rings. The van der Waals surface area contributed by atoms with E-state index < -0.39 is 29.6 Å². The van der Waals surface area contributed by atoms with Crippen LogP contribution in [0, 0.1) is 17.8 Å². The van der Waals surface area contributed by atoms with Crippen LogP contribution in [0.25, 0.3) is 0 Å². The van der Waals surface area contributed by atoms with E-state index in [1.807, 2.05) is 13.8 Å². The van der Waals surface area contributed by atoms with Gasteiger partial charge in [-0.25, -0.2) is 0 Å². The summed E-state index contributed by atoms with van der Waals surface area (Å²) >= 11 is 0. The molecule has 2 saturated heterocycles. The second-order valence-corrected chi connectivity index (χ2v) is 10.8. The molecule has 192 valence electrons. The Morgan fingerprint density at radius 3 is 2.47 bits per heavy atom. The first-order valence-electron chi connectivity index (χ1n) is 13.2. The molecule has 3 N–H and O–H groups in total. The fourth-order valence-corrected chi connectivity index (χ4v) is 5.65. The standard InChI is InChI=1S/C26H42N2O6/c1-17(2)19(23(31)20(29)15-18-9-4-7-13-27-24(18)32)16-22(30)26(11-5-3-6-12-26)28-25(33)21-10-8-14-34-21/h17-19,21,23,31H,3-16H2,1-2H3,(H,27,32)(H,28,33)/t18-,19+,21-,23+/m1/s1. The maximum atomic E-state index is 13.7. The first-order valence-corrected chi connectivity index (χ1v) is 13.2. The van der Waals surface area contributed by atoms with Crippen LogP contribution >= 0.6 is 0 Å². The molecule has 1 saturated carbocycles. The average Bonchev–Trinajstić information content (AvgIpc) is 3.29. The van der Waals surface area contributed by atoms with E-state index in [9.17, 15) is 24.3 Å². The molecular formula is C26H42N2O6. The molecule has 2 aliphatic heterocycles. The van der Waals surface area contributed by atoms with Crippen molar-refractivity contribution in [3.05, 3.63) is 0 Å². The molecule has 1 aliphatic carbocycles. The van der Waals surface area contributed by atoms with E-state index in [1.54, 1.807) is 0 Å². The lowest BCUT2D eigenvalue weighted by Gasteiger charge is -2.39. The van der Waals surface area contributed by atoms with Crippen molar-refractivity contribution in [3.63, 3.8) is 0 Å². The molecule has 8 nitrogen and oxygen atoms in total. The molecule has 3 aliphatic rings. The van der Waals surface area contributed by atoms with Crippen molar-refractivity contribution < 1.29 is 29.0 Å². The molecule has 8 heteroatoms. The van der Waals surface area contributed by atoms with Crippen LogP contribution in [0.5, 0.6) is 0 Å². The minimum atomic E-state index is -1.31. The van der Waals surface area contributed by atoms with Gasteiger partial charge in [-0.05, 0) is 44.4 Å². The van der Waals surface area contributed by atoms with Gasteiger partial charge < -0.3 is 20.5 Å². The molecule has 0 bridgehead atoms. The Morgan fingerprint density at radius 1 is 1.09 bits per heavy atom.